The van der Waals surface area contributed by atoms with Crippen LogP contribution in [0.4, 0.5) is 4.39 Å². The first-order valence-electron chi connectivity index (χ1n) is 10.3. The SMILES string of the molecule is O=C(c1cnn(-c2ccccc2Cl)c1)N1CCCC(c2nc(-c3cccc(F)c3)no2)C1. The number of aromatic nitrogens is 4. The molecule has 0 N–H and O–H groups in total. The second-order valence-electron chi connectivity index (χ2n) is 7.68. The normalized spacial score (nSPS) is 16.3. The second kappa shape index (κ2) is 8.55. The van der Waals surface area contributed by atoms with Gasteiger partial charge < -0.3 is 9.42 Å². The number of piperidine rings is 1. The number of nitrogens with zero attached hydrogens (tertiary/aromatic N) is 5. The average molecular weight is 452 g/mol. The number of carbonyl (C=O) groups is 1. The van der Waals surface area contributed by atoms with Gasteiger partial charge in [-0.15, -0.1) is 0 Å². The van der Waals surface area contributed by atoms with Gasteiger partial charge in [-0.25, -0.2) is 9.07 Å². The maximum atomic E-state index is 13.5. The molecule has 162 valence electrons. The molecule has 2 aromatic heterocycles. The molecule has 32 heavy (non-hydrogen) atoms. The lowest BCUT2D eigenvalue weighted by atomic mass is 9.97. The molecule has 7 nitrogen and oxygen atoms in total. The van der Waals surface area contributed by atoms with Crippen molar-refractivity contribution in [3.8, 4) is 17.1 Å². The number of halogens is 2. The molecule has 1 atom stereocenters. The smallest absolute Gasteiger partial charge is 0.257 e. The highest BCUT2D eigenvalue weighted by molar-refractivity contribution is 6.32. The molecule has 1 saturated heterocycles. The van der Waals surface area contributed by atoms with Crippen LogP contribution >= 0.6 is 11.6 Å². The summed E-state index contributed by atoms with van der Waals surface area (Å²) < 4.78 is 20.6. The monoisotopic (exact) mass is 451 g/mol. The molecule has 0 saturated carbocycles. The maximum Gasteiger partial charge on any atom is 0.257 e. The van der Waals surface area contributed by atoms with Crippen molar-refractivity contribution in [2.45, 2.75) is 18.8 Å². The lowest BCUT2D eigenvalue weighted by Gasteiger charge is -2.30. The summed E-state index contributed by atoms with van der Waals surface area (Å²) in [5, 5.41) is 8.85. The van der Waals surface area contributed by atoms with Crippen molar-refractivity contribution in [1.29, 1.82) is 0 Å². The van der Waals surface area contributed by atoms with E-state index >= 15 is 0 Å². The largest absolute Gasteiger partial charge is 0.339 e. The summed E-state index contributed by atoms with van der Waals surface area (Å²) >= 11 is 6.24. The summed E-state index contributed by atoms with van der Waals surface area (Å²) in [4.78, 5) is 19.3. The summed E-state index contributed by atoms with van der Waals surface area (Å²) in [5.41, 5.74) is 1.74. The van der Waals surface area contributed by atoms with Crippen molar-refractivity contribution in [1.82, 2.24) is 24.8 Å². The number of likely N-dealkylation sites (tertiary alicyclic amines) is 1. The highest BCUT2D eigenvalue weighted by atomic mass is 35.5. The van der Waals surface area contributed by atoms with Crippen molar-refractivity contribution in [3.63, 3.8) is 0 Å². The number of carbonyl (C=O) groups excluding carboxylic acids is 1. The number of rotatable bonds is 4. The third kappa shape index (κ3) is 4.01. The Morgan fingerprint density at radius 3 is 2.91 bits per heavy atom. The van der Waals surface area contributed by atoms with Gasteiger partial charge >= 0.3 is 0 Å². The number of benzene rings is 2. The molecule has 0 bridgehead atoms. The van der Waals surface area contributed by atoms with Crippen LogP contribution < -0.4 is 0 Å². The van der Waals surface area contributed by atoms with Crippen LogP contribution in [-0.2, 0) is 0 Å². The van der Waals surface area contributed by atoms with E-state index in [1.807, 2.05) is 18.2 Å². The van der Waals surface area contributed by atoms with Crippen LogP contribution in [0.25, 0.3) is 17.1 Å². The fourth-order valence-corrected chi connectivity index (χ4v) is 4.12. The van der Waals surface area contributed by atoms with Crippen LogP contribution in [0.5, 0.6) is 0 Å². The second-order valence-corrected chi connectivity index (χ2v) is 8.09. The molecular formula is C23H19ClFN5O2. The predicted molar refractivity (Wildman–Crippen MR) is 116 cm³/mol. The van der Waals surface area contributed by atoms with E-state index in [1.54, 1.807) is 40.2 Å². The number of hydrogen-bond acceptors (Lipinski definition) is 5. The van der Waals surface area contributed by atoms with Gasteiger partial charge in [0, 0.05) is 24.8 Å². The first-order valence-corrected chi connectivity index (χ1v) is 10.6. The van der Waals surface area contributed by atoms with Gasteiger partial charge in [0.05, 0.1) is 28.4 Å². The molecule has 0 radical (unpaired) electrons. The van der Waals surface area contributed by atoms with Crippen molar-refractivity contribution in [3.05, 3.63) is 83.2 Å². The first-order chi connectivity index (χ1) is 15.6. The van der Waals surface area contributed by atoms with Crippen LogP contribution in [-0.4, -0.2) is 43.8 Å². The summed E-state index contributed by atoms with van der Waals surface area (Å²) in [6.07, 6.45) is 4.87. The fraction of sp³-hybridized carbons (Fsp3) is 0.217. The van der Waals surface area contributed by atoms with E-state index in [9.17, 15) is 9.18 Å². The summed E-state index contributed by atoms with van der Waals surface area (Å²) in [7, 11) is 0. The molecule has 1 unspecified atom stereocenters. The van der Waals surface area contributed by atoms with Gasteiger partial charge in [0.15, 0.2) is 0 Å². The van der Waals surface area contributed by atoms with E-state index in [0.717, 1.165) is 12.8 Å². The zero-order valence-electron chi connectivity index (χ0n) is 17.0. The Hall–Kier alpha value is -3.52. The lowest BCUT2D eigenvalue weighted by Crippen LogP contribution is -2.39. The van der Waals surface area contributed by atoms with Gasteiger partial charge in [0.1, 0.15) is 5.82 Å². The summed E-state index contributed by atoms with van der Waals surface area (Å²) in [5.74, 6) is 0.233. The van der Waals surface area contributed by atoms with Gasteiger partial charge in [-0.3, -0.25) is 4.79 Å². The van der Waals surface area contributed by atoms with E-state index in [1.165, 1.54) is 12.1 Å². The number of hydrogen-bond donors (Lipinski definition) is 0. The van der Waals surface area contributed by atoms with E-state index in [-0.39, 0.29) is 17.6 Å². The van der Waals surface area contributed by atoms with Crippen molar-refractivity contribution < 1.29 is 13.7 Å². The lowest BCUT2D eigenvalue weighted by molar-refractivity contribution is 0.0695. The van der Waals surface area contributed by atoms with Gasteiger partial charge in [-0.1, -0.05) is 41.0 Å². The molecule has 4 aromatic rings. The zero-order valence-corrected chi connectivity index (χ0v) is 17.7. The Morgan fingerprint density at radius 1 is 1.19 bits per heavy atom. The Balaban J connectivity index is 1.31. The average Bonchev–Trinajstić information content (AvgIpc) is 3.50. The summed E-state index contributed by atoms with van der Waals surface area (Å²) in [6.45, 7) is 1.10. The van der Waals surface area contributed by atoms with Crippen LogP contribution in [0.2, 0.25) is 5.02 Å². The number of amides is 1. The molecular weight excluding hydrogens is 433 g/mol. The minimum absolute atomic E-state index is 0.0823. The summed E-state index contributed by atoms with van der Waals surface area (Å²) in [6, 6.07) is 13.4. The third-order valence-corrected chi connectivity index (χ3v) is 5.83. The topological polar surface area (TPSA) is 77.1 Å². The van der Waals surface area contributed by atoms with E-state index in [0.29, 0.717) is 46.6 Å². The van der Waals surface area contributed by atoms with E-state index < -0.39 is 0 Å². The van der Waals surface area contributed by atoms with Gasteiger partial charge in [0.25, 0.3) is 5.91 Å². The van der Waals surface area contributed by atoms with Crippen molar-refractivity contribution in [2.24, 2.45) is 0 Å². The van der Waals surface area contributed by atoms with Crippen LogP contribution in [0.3, 0.4) is 0 Å². The molecule has 3 heterocycles. The Bertz CT molecular complexity index is 1270. The Morgan fingerprint density at radius 2 is 2.06 bits per heavy atom. The Kier molecular flexibility index (Phi) is 5.45. The van der Waals surface area contributed by atoms with Gasteiger partial charge in [-0.05, 0) is 37.1 Å². The van der Waals surface area contributed by atoms with Crippen molar-refractivity contribution in [2.75, 3.05) is 13.1 Å². The van der Waals surface area contributed by atoms with Crippen LogP contribution in [0.1, 0.15) is 35.0 Å². The minimum Gasteiger partial charge on any atom is -0.339 e. The van der Waals surface area contributed by atoms with Crippen LogP contribution in [0.15, 0.2) is 65.4 Å². The maximum absolute atomic E-state index is 13.5. The van der Waals surface area contributed by atoms with Gasteiger partial charge in [0.2, 0.25) is 11.7 Å². The van der Waals surface area contributed by atoms with Crippen LogP contribution in [0, 0.1) is 5.82 Å². The minimum atomic E-state index is -0.361. The molecule has 9 heteroatoms. The molecule has 1 amide bonds. The molecule has 2 aromatic carbocycles. The Labute approximate surface area is 188 Å². The highest BCUT2D eigenvalue weighted by Gasteiger charge is 2.30. The quantitative estimate of drug-likeness (QED) is 0.448. The molecule has 1 aliphatic rings. The molecule has 1 aliphatic heterocycles. The number of para-hydroxylation sites is 1. The van der Waals surface area contributed by atoms with E-state index in [4.69, 9.17) is 16.1 Å². The molecule has 5 rings (SSSR count). The zero-order chi connectivity index (χ0) is 22.1. The van der Waals surface area contributed by atoms with Gasteiger partial charge in [-0.2, -0.15) is 10.1 Å². The predicted octanol–water partition coefficient (Wildman–Crippen LogP) is 4.73. The standard InChI is InChI=1S/C23H19ClFN5O2/c24-19-8-1-2-9-20(19)30-14-17(12-26-30)23(31)29-10-4-6-16(13-29)22-27-21(28-32-22)15-5-3-7-18(25)11-15/h1-3,5,7-9,11-12,14,16H,4,6,10,13H2. The molecule has 1 fully saturated rings. The molecule has 0 spiro atoms. The fourth-order valence-electron chi connectivity index (χ4n) is 3.89. The highest BCUT2D eigenvalue weighted by Crippen LogP contribution is 2.29. The van der Waals surface area contributed by atoms with E-state index in [2.05, 4.69) is 15.2 Å². The first kappa shape index (κ1) is 20.4. The van der Waals surface area contributed by atoms with Crippen molar-refractivity contribution >= 4 is 17.5 Å². The third-order valence-electron chi connectivity index (χ3n) is 5.51. The molecule has 0 aliphatic carbocycles.